The van der Waals surface area contributed by atoms with Crippen LogP contribution in [-0.4, -0.2) is 66.0 Å². The van der Waals surface area contributed by atoms with Gasteiger partial charge in [-0.3, -0.25) is 9.69 Å². The van der Waals surface area contributed by atoms with Crippen molar-refractivity contribution in [2.45, 2.75) is 26.3 Å². The number of hydrogen-bond donors (Lipinski definition) is 0. The van der Waals surface area contributed by atoms with Crippen molar-refractivity contribution in [3.05, 3.63) is 65.4 Å². The first kappa shape index (κ1) is 22.7. The Kier molecular flexibility index (Phi) is 7.38. The minimum absolute atomic E-state index is 0.119. The van der Waals surface area contributed by atoms with Gasteiger partial charge in [0.05, 0.1) is 12.7 Å². The van der Waals surface area contributed by atoms with E-state index in [1.54, 1.807) is 7.11 Å². The normalized spacial score (nSPS) is 14.8. The molecule has 32 heavy (non-hydrogen) atoms. The van der Waals surface area contributed by atoms with E-state index in [0.717, 1.165) is 80.0 Å². The Morgan fingerprint density at radius 3 is 2.47 bits per heavy atom. The fraction of sp³-hybridized carbons (Fsp3) is 0.423. The molecule has 0 unspecified atom stereocenters. The predicted molar refractivity (Wildman–Crippen MR) is 131 cm³/mol. The second-order valence-electron chi connectivity index (χ2n) is 8.41. The van der Waals surface area contributed by atoms with Crippen molar-refractivity contribution >= 4 is 28.4 Å². The molecule has 0 bridgehead atoms. The Labute approximate surface area is 195 Å². The molecule has 0 aliphatic carbocycles. The molecule has 2 aromatic carbocycles. The largest absolute Gasteiger partial charge is 0.497 e. The molecule has 6 heteroatoms. The third-order valence-corrected chi connectivity index (χ3v) is 6.75. The van der Waals surface area contributed by atoms with E-state index in [1.807, 2.05) is 30.0 Å². The molecule has 1 saturated heterocycles. The van der Waals surface area contributed by atoms with Crippen LogP contribution < -0.4 is 4.74 Å². The Balaban J connectivity index is 1.49. The predicted octanol–water partition coefficient (Wildman–Crippen LogP) is 4.59. The minimum Gasteiger partial charge on any atom is -0.497 e. The van der Waals surface area contributed by atoms with E-state index in [0.29, 0.717) is 5.88 Å². The highest BCUT2D eigenvalue weighted by Crippen LogP contribution is 2.31. The number of alkyl halides is 1. The van der Waals surface area contributed by atoms with E-state index >= 15 is 0 Å². The van der Waals surface area contributed by atoms with Crippen molar-refractivity contribution in [2.24, 2.45) is 0 Å². The highest BCUT2D eigenvalue weighted by Gasteiger charge is 2.27. The molecule has 0 N–H and O–H groups in total. The standard InChI is InChI=1S/C26H32ClN3O2/c1-20-25(23-19-22(32-2)9-10-24(23)30(20)13-6-12-27)26(31)29-17-15-28(16-18-29)14-11-21-7-4-3-5-8-21/h3-5,7-10,19H,6,11-18H2,1-2H3. The lowest BCUT2D eigenvalue weighted by Gasteiger charge is -2.35. The summed E-state index contributed by atoms with van der Waals surface area (Å²) in [4.78, 5) is 18.1. The number of benzene rings is 2. The van der Waals surface area contributed by atoms with Crippen molar-refractivity contribution in [2.75, 3.05) is 45.7 Å². The van der Waals surface area contributed by atoms with Gasteiger partial charge in [0.25, 0.3) is 5.91 Å². The van der Waals surface area contributed by atoms with Gasteiger partial charge in [0.1, 0.15) is 5.75 Å². The molecule has 1 aliphatic heterocycles. The van der Waals surface area contributed by atoms with Gasteiger partial charge >= 0.3 is 0 Å². The lowest BCUT2D eigenvalue weighted by molar-refractivity contribution is 0.0639. The van der Waals surface area contributed by atoms with E-state index in [4.69, 9.17) is 16.3 Å². The van der Waals surface area contributed by atoms with Crippen LogP contribution in [-0.2, 0) is 13.0 Å². The zero-order valence-electron chi connectivity index (χ0n) is 19.0. The molecule has 2 heterocycles. The maximum Gasteiger partial charge on any atom is 0.256 e. The van der Waals surface area contributed by atoms with E-state index in [2.05, 4.69) is 39.8 Å². The number of ether oxygens (including phenoxy) is 1. The molecule has 0 saturated carbocycles. The fourth-order valence-corrected chi connectivity index (χ4v) is 4.75. The number of aryl methyl sites for hydroxylation is 1. The van der Waals surface area contributed by atoms with Gasteiger partial charge in [-0.1, -0.05) is 30.3 Å². The third kappa shape index (κ3) is 4.79. The fourth-order valence-electron chi connectivity index (χ4n) is 4.63. The van der Waals surface area contributed by atoms with Crippen molar-refractivity contribution in [1.29, 1.82) is 0 Å². The number of fused-ring (bicyclic) bond motifs is 1. The lowest BCUT2D eigenvalue weighted by Crippen LogP contribution is -2.49. The molecule has 5 nitrogen and oxygen atoms in total. The molecule has 0 radical (unpaired) electrons. The van der Waals surface area contributed by atoms with Crippen LogP contribution in [0.25, 0.3) is 10.9 Å². The smallest absolute Gasteiger partial charge is 0.256 e. The van der Waals surface area contributed by atoms with Gasteiger partial charge in [-0.25, -0.2) is 0 Å². The SMILES string of the molecule is COc1ccc2c(c1)c(C(=O)N1CCN(CCc3ccccc3)CC1)c(C)n2CCCCl. The molecular weight excluding hydrogens is 422 g/mol. The number of methoxy groups -OCH3 is 1. The highest BCUT2D eigenvalue weighted by molar-refractivity contribution is 6.17. The van der Waals surface area contributed by atoms with Crippen LogP contribution in [0.1, 0.15) is 28.0 Å². The van der Waals surface area contributed by atoms with Crippen molar-refractivity contribution in [3.63, 3.8) is 0 Å². The summed E-state index contributed by atoms with van der Waals surface area (Å²) in [7, 11) is 1.66. The van der Waals surface area contributed by atoms with E-state index < -0.39 is 0 Å². The second-order valence-corrected chi connectivity index (χ2v) is 8.79. The Bertz CT molecular complexity index is 1060. The molecule has 1 aromatic heterocycles. The summed E-state index contributed by atoms with van der Waals surface area (Å²) >= 11 is 5.96. The van der Waals surface area contributed by atoms with Crippen molar-refractivity contribution < 1.29 is 9.53 Å². The minimum atomic E-state index is 0.119. The van der Waals surface area contributed by atoms with Crippen LogP contribution in [0.15, 0.2) is 48.5 Å². The van der Waals surface area contributed by atoms with E-state index in [-0.39, 0.29) is 5.91 Å². The Hall–Kier alpha value is -2.50. The van der Waals surface area contributed by atoms with Gasteiger partial charge in [-0.2, -0.15) is 0 Å². The van der Waals surface area contributed by atoms with Gasteiger partial charge in [-0.15, -0.1) is 11.6 Å². The van der Waals surface area contributed by atoms with Crippen molar-refractivity contribution in [1.82, 2.24) is 14.4 Å². The summed E-state index contributed by atoms with van der Waals surface area (Å²) in [6, 6.07) is 16.6. The highest BCUT2D eigenvalue weighted by atomic mass is 35.5. The summed E-state index contributed by atoms with van der Waals surface area (Å²) < 4.78 is 7.67. The maximum absolute atomic E-state index is 13.6. The second kappa shape index (κ2) is 10.4. The van der Waals surface area contributed by atoms with Crippen LogP contribution in [0.2, 0.25) is 0 Å². The number of amides is 1. The van der Waals surface area contributed by atoms with Crippen LogP contribution >= 0.6 is 11.6 Å². The number of rotatable bonds is 8. The summed E-state index contributed by atoms with van der Waals surface area (Å²) in [5, 5.41) is 0.966. The first-order valence-corrected chi connectivity index (χ1v) is 11.9. The average molecular weight is 454 g/mol. The monoisotopic (exact) mass is 453 g/mol. The lowest BCUT2D eigenvalue weighted by atomic mass is 10.1. The molecule has 3 aromatic rings. The number of piperazine rings is 1. The van der Waals surface area contributed by atoms with Crippen molar-refractivity contribution in [3.8, 4) is 5.75 Å². The summed E-state index contributed by atoms with van der Waals surface area (Å²) in [5.41, 5.74) is 4.24. The number of halogens is 1. The molecule has 1 aliphatic rings. The number of hydrogen-bond acceptors (Lipinski definition) is 3. The molecule has 1 fully saturated rings. The number of carbonyl (C=O) groups excluding carboxylic acids is 1. The molecule has 0 atom stereocenters. The first-order valence-electron chi connectivity index (χ1n) is 11.4. The third-order valence-electron chi connectivity index (χ3n) is 6.48. The van der Waals surface area contributed by atoms with Crippen LogP contribution in [0.3, 0.4) is 0 Å². The summed E-state index contributed by atoms with van der Waals surface area (Å²) in [6.45, 7) is 7.21. The van der Waals surface area contributed by atoms with Gasteiger partial charge in [0.15, 0.2) is 0 Å². The molecular formula is C26H32ClN3O2. The quantitative estimate of drug-likeness (QED) is 0.468. The van der Waals surface area contributed by atoms with E-state index in [9.17, 15) is 4.79 Å². The topological polar surface area (TPSA) is 37.7 Å². The van der Waals surface area contributed by atoms with Crippen LogP contribution in [0.4, 0.5) is 0 Å². The number of aromatic nitrogens is 1. The van der Waals surface area contributed by atoms with E-state index in [1.165, 1.54) is 5.56 Å². The Morgan fingerprint density at radius 1 is 1.03 bits per heavy atom. The average Bonchev–Trinajstić information content (AvgIpc) is 3.12. The van der Waals surface area contributed by atoms with Crippen LogP contribution in [0.5, 0.6) is 5.75 Å². The first-order chi connectivity index (χ1) is 15.6. The molecule has 1 amide bonds. The van der Waals surface area contributed by atoms with Gasteiger partial charge < -0.3 is 14.2 Å². The molecule has 170 valence electrons. The Morgan fingerprint density at radius 2 is 1.78 bits per heavy atom. The summed E-state index contributed by atoms with van der Waals surface area (Å²) in [6.07, 6.45) is 1.91. The molecule has 0 spiro atoms. The number of carbonyl (C=O) groups is 1. The van der Waals surface area contributed by atoms with Gasteiger partial charge in [-0.05, 0) is 43.5 Å². The van der Waals surface area contributed by atoms with Crippen LogP contribution in [0, 0.1) is 6.92 Å². The van der Waals surface area contributed by atoms with Gasteiger partial charge in [0.2, 0.25) is 0 Å². The zero-order chi connectivity index (χ0) is 22.5. The molecule has 4 rings (SSSR count). The summed E-state index contributed by atoms with van der Waals surface area (Å²) in [5.74, 6) is 1.49. The van der Waals surface area contributed by atoms with Gasteiger partial charge in [0, 0.05) is 61.7 Å². The maximum atomic E-state index is 13.6. The number of nitrogens with zero attached hydrogens (tertiary/aromatic N) is 3. The zero-order valence-corrected chi connectivity index (χ0v) is 19.8.